The van der Waals surface area contributed by atoms with Gasteiger partial charge in [0.05, 0.1) is 4.90 Å². The Hall–Kier alpha value is -2.18. The van der Waals surface area contributed by atoms with E-state index in [0.717, 1.165) is 29.7 Å². The van der Waals surface area contributed by atoms with Crippen molar-refractivity contribution in [2.24, 2.45) is 0 Å². The zero-order valence-corrected chi connectivity index (χ0v) is 16.6. The van der Waals surface area contributed by atoms with Gasteiger partial charge in [-0.05, 0) is 75.1 Å². The van der Waals surface area contributed by atoms with E-state index in [1.807, 2.05) is 57.2 Å². The van der Waals surface area contributed by atoms with Gasteiger partial charge in [0.25, 0.3) is 0 Å². The molecule has 0 spiro atoms. The fraction of sp³-hybridized carbons (Fsp3) is 0.350. The number of nitrogen functional groups attached to an aromatic ring is 1. The normalized spacial score (nSPS) is 12.6. The van der Waals surface area contributed by atoms with Crippen LogP contribution in [0.4, 0.5) is 11.4 Å². The predicted molar refractivity (Wildman–Crippen MR) is 108 cm³/mol. The summed E-state index contributed by atoms with van der Waals surface area (Å²) in [6.07, 6.45) is 1.57. The molecule has 0 heterocycles. The van der Waals surface area contributed by atoms with Crippen molar-refractivity contribution >= 4 is 28.3 Å². The molecular weight excluding hydrogens is 346 g/mol. The molecular formula is C20H27N3O2S. The lowest BCUT2D eigenvalue weighted by Gasteiger charge is -2.20. The maximum absolute atomic E-state index is 12.5. The lowest BCUT2D eigenvalue weighted by Crippen LogP contribution is -2.37. The maximum Gasteiger partial charge on any atom is 0.221 e. The number of amides is 1. The van der Waals surface area contributed by atoms with Crippen molar-refractivity contribution in [2.75, 3.05) is 11.1 Å². The highest BCUT2D eigenvalue weighted by Crippen LogP contribution is 2.19. The molecule has 2 rings (SSSR count). The van der Waals surface area contributed by atoms with E-state index in [2.05, 4.69) is 10.0 Å². The Labute approximate surface area is 158 Å². The number of anilines is 2. The van der Waals surface area contributed by atoms with E-state index in [1.54, 1.807) is 6.07 Å². The first-order chi connectivity index (χ1) is 12.1. The topological polar surface area (TPSA) is 84.2 Å². The zero-order chi connectivity index (χ0) is 19.3. The Balaban J connectivity index is 2.10. The standard InChI is InChI=1S/C20H27N3O2S/c1-14(24)22-18-7-5-6-15(11-18)8-9-16-10-17(21)13-19(12-16)26(25)23-20(2,3)4/h5-7,10-13,23H,8-9,21H2,1-4H3,(H,22,24). The molecule has 6 heteroatoms. The summed E-state index contributed by atoms with van der Waals surface area (Å²) in [6, 6.07) is 13.4. The Bertz CT molecular complexity index is 813. The van der Waals surface area contributed by atoms with Crippen molar-refractivity contribution in [3.63, 3.8) is 0 Å². The molecule has 0 aliphatic rings. The largest absolute Gasteiger partial charge is 0.399 e. The molecule has 0 saturated heterocycles. The van der Waals surface area contributed by atoms with Crippen LogP contribution in [0, 0.1) is 0 Å². The first-order valence-corrected chi connectivity index (χ1v) is 9.73. The van der Waals surface area contributed by atoms with E-state index >= 15 is 0 Å². The van der Waals surface area contributed by atoms with Crippen molar-refractivity contribution in [3.05, 3.63) is 53.6 Å². The number of carbonyl (C=O) groups excluding carboxylic acids is 1. The van der Waals surface area contributed by atoms with Crippen molar-refractivity contribution < 1.29 is 9.00 Å². The SMILES string of the molecule is CC(=O)Nc1cccc(CCc2cc(N)cc(S(=O)NC(C)(C)C)c2)c1. The summed E-state index contributed by atoms with van der Waals surface area (Å²) < 4.78 is 15.6. The molecule has 2 aromatic rings. The minimum atomic E-state index is -1.31. The van der Waals surface area contributed by atoms with Crippen molar-refractivity contribution in [1.29, 1.82) is 0 Å². The summed E-state index contributed by atoms with van der Waals surface area (Å²) in [5.41, 5.74) is 9.30. The van der Waals surface area contributed by atoms with E-state index in [-0.39, 0.29) is 11.4 Å². The van der Waals surface area contributed by atoms with Gasteiger partial charge >= 0.3 is 0 Å². The molecule has 26 heavy (non-hydrogen) atoms. The first-order valence-electron chi connectivity index (χ1n) is 8.58. The van der Waals surface area contributed by atoms with Crippen LogP contribution in [-0.2, 0) is 28.6 Å². The third-order valence-electron chi connectivity index (χ3n) is 3.55. The second-order valence-electron chi connectivity index (χ2n) is 7.41. The Morgan fingerprint density at radius 3 is 2.42 bits per heavy atom. The quantitative estimate of drug-likeness (QED) is 0.678. The van der Waals surface area contributed by atoms with Crippen LogP contribution in [0.3, 0.4) is 0 Å². The summed E-state index contributed by atoms with van der Waals surface area (Å²) in [6.45, 7) is 7.41. The van der Waals surface area contributed by atoms with Crippen LogP contribution in [-0.4, -0.2) is 15.7 Å². The number of carbonyl (C=O) groups is 1. The number of hydrogen-bond donors (Lipinski definition) is 3. The van der Waals surface area contributed by atoms with Gasteiger partial charge in [0.1, 0.15) is 11.0 Å². The van der Waals surface area contributed by atoms with Crippen LogP contribution in [0.15, 0.2) is 47.4 Å². The van der Waals surface area contributed by atoms with E-state index < -0.39 is 11.0 Å². The van der Waals surface area contributed by atoms with Gasteiger partial charge in [0.2, 0.25) is 5.91 Å². The average molecular weight is 374 g/mol. The molecule has 5 nitrogen and oxygen atoms in total. The third-order valence-corrected chi connectivity index (χ3v) is 5.01. The Morgan fingerprint density at radius 2 is 1.77 bits per heavy atom. The van der Waals surface area contributed by atoms with Gasteiger partial charge in [-0.2, -0.15) is 0 Å². The lowest BCUT2D eigenvalue weighted by molar-refractivity contribution is -0.114. The van der Waals surface area contributed by atoms with Crippen LogP contribution >= 0.6 is 0 Å². The molecule has 0 fully saturated rings. The number of hydrogen-bond acceptors (Lipinski definition) is 3. The van der Waals surface area contributed by atoms with Crippen LogP contribution in [0.5, 0.6) is 0 Å². The second kappa shape index (κ2) is 8.47. The van der Waals surface area contributed by atoms with Gasteiger partial charge < -0.3 is 11.1 Å². The third kappa shape index (κ3) is 6.61. The Kier molecular flexibility index (Phi) is 6.56. The fourth-order valence-corrected chi connectivity index (χ4v) is 3.75. The molecule has 1 amide bonds. The maximum atomic E-state index is 12.5. The smallest absolute Gasteiger partial charge is 0.221 e. The highest BCUT2D eigenvalue weighted by Gasteiger charge is 2.15. The summed E-state index contributed by atoms with van der Waals surface area (Å²) in [5.74, 6) is -0.0866. The van der Waals surface area contributed by atoms with Gasteiger partial charge in [-0.1, -0.05) is 12.1 Å². The van der Waals surface area contributed by atoms with Crippen molar-refractivity contribution in [3.8, 4) is 0 Å². The fourth-order valence-electron chi connectivity index (χ4n) is 2.57. The molecule has 0 bridgehead atoms. The molecule has 4 N–H and O–H groups in total. The van der Waals surface area contributed by atoms with Gasteiger partial charge in [0, 0.05) is 23.8 Å². The molecule has 0 aromatic heterocycles. The van der Waals surface area contributed by atoms with Crippen LogP contribution in [0.25, 0.3) is 0 Å². The van der Waals surface area contributed by atoms with Gasteiger partial charge in [-0.15, -0.1) is 0 Å². The van der Waals surface area contributed by atoms with Crippen LogP contribution in [0.1, 0.15) is 38.8 Å². The minimum absolute atomic E-state index is 0.0866. The lowest BCUT2D eigenvalue weighted by atomic mass is 10.0. The van der Waals surface area contributed by atoms with E-state index in [9.17, 15) is 9.00 Å². The van der Waals surface area contributed by atoms with E-state index in [4.69, 9.17) is 5.73 Å². The first kappa shape index (κ1) is 20.1. The second-order valence-corrected chi connectivity index (χ2v) is 8.63. The molecule has 2 aromatic carbocycles. The molecule has 0 radical (unpaired) electrons. The van der Waals surface area contributed by atoms with Gasteiger partial charge in [-0.3, -0.25) is 4.79 Å². The Morgan fingerprint density at radius 1 is 1.08 bits per heavy atom. The summed E-state index contributed by atoms with van der Waals surface area (Å²) in [4.78, 5) is 11.9. The zero-order valence-electron chi connectivity index (χ0n) is 15.8. The summed E-state index contributed by atoms with van der Waals surface area (Å²) in [5, 5.41) is 2.79. The molecule has 1 unspecified atom stereocenters. The minimum Gasteiger partial charge on any atom is -0.399 e. The van der Waals surface area contributed by atoms with Crippen molar-refractivity contribution in [2.45, 2.75) is 51.0 Å². The molecule has 0 saturated carbocycles. The van der Waals surface area contributed by atoms with Gasteiger partial charge in [0.15, 0.2) is 0 Å². The highest BCUT2D eigenvalue weighted by molar-refractivity contribution is 7.83. The summed E-state index contributed by atoms with van der Waals surface area (Å²) >= 11 is 0. The monoisotopic (exact) mass is 373 g/mol. The average Bonchev–Trinajstić information content (AvgIpc) is 2.50. The molecule has 0 aliphatic carbocycles. The highest BCUT2D eigenvalue weighted by atomic mass is 32.2. The van der Waals surface area contributed by atoms with E-state index in [0.29, 0.717) is 10.6 Å². The van der Waals surface area contributed by atoms with E-state index in [1.165, 1.54) is 6.92 Å². The van der Waals surface area contributed by atoms with Crippen LogP contribution in [0.2, 0.25) is 0 Å². The number of aryl methyl sites for hydroxylation is 2. The van der Waals surface area contributed by atoms with Gasteiger partial charge in [-0.25, -0.2) is 8.93 Å². The predicted octanol–water partition coefficient (Wildman–Crippen LogP) is 3.42. The molecule has 140 valence electrons. The summed E-state index contributed by atoms with van der Waals surface area (Å²) in [7, 11) is -1.31. The number of nitrogens with two attached hydrogens (primary N) is 1. The van der Waals surface area contributed by atoms with Crippen molar-refractivity contribution in [1.82, 2.24) is 4.72 Å². The molecule has 0 aliphatic heterocycles. The number of benzene rings is 2. The van der Waals surface area contributed by atoms with Crippen LogP contribution < -0.4 is 15.8 Å². The number of rotatable bonds is 6. The molecule has 1 atom stereocenters. The number of nitrogens with one attached hydrogen (secondary N) is 2.